The molecular formula is C10H6N2O2S. The van der Waals surface area contributed by atoms with Crippen molar-refractivity contribution in [3.05, 3.63) is 41.0 Å². The Hall–Kier alpha value is -2.06. The number of rotatable bonds is 2. The van der Waals surface area contributed by atoms with E-state index in [4.69, 9.17) is 10.4 Å². The Balaban J connectivity index is 2.60. The fourth-order valence-electron chi connectivity index (χ4n) is 1.31. The second kappa shape index (κ2) is 3.59. The number of carboxylic acids is 1. The third kappa shape index (κ3) is 1.51. The van der Waals surface area contributed by atoms with Gasteiger partial charge in [0.2, 0.25) is 0 Å². The first-order valence-corrected chi connectivity index (χ1v) is 5.00. The van der Waals surface area contributed by atoms with Crippen molar-refractivity contribution in [1.82, 2.24) is 4.57 Å². The monoisotopic (exact) mass is 218 g/mol. The average molecular weight is 218 g/mol. The topological polar surface area (TPSA) is 66.0 Å². The molecule has 0 unspecified atom stereocenters. The van der Waals surface area contributed by atoms with Crippen molar-refractivity contribution in [2.75, 3.05) is 0 Å². The normalized spacial score (nSPS) is 9.80. The number of nitriles is 1. The van der Waals surface area contributed by atoms with E-state index in [0.717, 1.165) is 0 Å². The minimum Gasteiger partial charge on any atom is -0.477 e. The van der Waals surface area contributed by atoms with Gasteiger partial charge in [0.1, 0.15) is 16.8 Å². The maximum absolute atomic E-state index is 10.9. The summed E-state index contributed by atoms with van der Waals surface area (Å²) in [6.07, 6.45) is 1.64. The molecule has 0 saturated heterocycles. The summed E-state index contributed by atoms with van der Waals surface area (Å²) >= 11 is 1.34. The largest absolute Gasteiger partial charge is 0.477 e. The van der Waals surface area contributed by atoms with Crippen LogP contribution in [0, 0.1) is 11.3 Å². The molecule has 0 atom stereocenters. The van der Waals surface area contributed by atoms with Gasteiger partial charge in [-0.2, -0.15) is 5.26 Å². The highest BCUT2D eigenvalue weighted by molar-refractivity contribution is 7.12. The van der Waals surface area contributed by atoms with Gasteiger partial charge in [-0.25, -0.2) is 4.79 Å². The van der Waals surface area contributed by atoms with E-state index in [2.05, 4.69) is 0 Å². The first-order chi connectivity index (χ1) is 7.24. The van der Waals surface area contributed by atoms with Gasteiger partial charge in [0.05, 0.1) is 5.56 Å². The summed E-state index contributed by atoms with van der Waals surface area (Å²) in [5.41, 5.74) is 0.646. The highest BCUT2D eigenvalue weighted by Crippen LogP contribution is 2.23. The minimum atomic E-state index is -1.00. The Morgan fingerprint density at radius 2 is 2.33 bits per heavy atom. The summed E-state index contributed by atoms with van der Waals surface area (Å²) in [6, 6.07) is 6.85. The van der Waals surface area contributed by atoms with Gasteiger partial charge in [0.15, 0.2) is 0 Å². The quantitative estimate of drug-likeness (QED) is 0.839. The summed E-state index contributed by atoms with van der Waals surface area (Å²) in [5.74, 6) is -1.00. The van der Waals surface area contributed by atoms with Crippen LogP contribution in [0.25, 0.3) is 5.00 Å². The number of carboxylic acid groups (broad SMARTS) is 1. The van der Waals surface area contributed by atoms with E-state index in [1.54, 1.807) is 23.7 Å². The van der Waals surface area contributed by atoms with Crippen LogP contribution >= 0.6 is 11.3 Å². The lowest BCUT2D eigenvalue weighted by atomic mass is 10.3. The molecule has 5 heteroatoms. The third-order valence-electron chi connectivity index (χ3n) is 1.95. The molecule has 2 aromatic heterocycles. The van der Waals surface area contributed by atoms with Gasteiger partial charge in [-0.05, 0) is 23.6 Å². The Morgan fingerprint density at radius 1 is 1.53 bits per heavy atom. The molecule has 15 heavy (non-hydrogen) atoms. The van der Waals surface area contributed by atoms with E-state index >= 15 is 0 Å². The fourth-order valence-corrected chi connectivity index (χ4v) is 2.15. The molecule has 0 aliphatic heterocycles. The first kappa shape index (κ1) is 9.49. The number of aromatic carboxylic acids is 1. The van der Waals surface area contributed by atoms with Gasteiger partial charge in [0.25, 0.3) is 0 Å². The molecule has 74 valence electrons. The van der Waals surface area contributed by atoms with Crippen molar-refractivity contribution < 1.29 is 9.90 Å². The Morgan fingerprint density at radius 3 is 3.00 bits per heavy atom. The third-order valence-corrected chi connectivity index (χ3v) is 2.86. The van der Waals surface area contributed by atoms with Crippen LogP contribution in [0.5, 0.6) is 0 Å². The number of hydrogen-bond donors (Lipinski definition) is 1. The number of nitrogens with zero attached hydrogens (tertiary/aromatic N) is 2. The maximum Gasteiger partial charge on any atom is 0.352 e. The molecular weight excluding hydrogens is 212 g/mol. The van der Waals surface area contributed by atoms with Crippen LogP contribution in [0.4, 0.5) is 0 Å². The lowest BCUT2D eigenvalue weighted by molar-refractivity contribution is 0.0688. The lowest BCUT2D eigenvalue weighted by Crippen LogP contribution is -2.05. The lowest BCUT2D eigenvalue weighted by Gasteiger charge is -2.02. The van der Waals surface area contributed by atoms with E-state index in [9.17, 15) is 4.79 Å². The molecule has 0 aliphatic carbocycles. The first-order valence-electron chi connectivity index (χ1n) is 4.12. The van der Waals surface area contributed by atoms with Gasteiger partial charge in [-0.1, -0.05) is 0 Å². The number of thiophene rings is 1. The molecule has 2 rings (SSSR count). The standard InChI is InChI=1S/C10H6N2O2S/c11-6-7-3-5-15-9(7)12-4-1-2-8(12)10(13)14/h1-5H,(H,13,14). The van der Waals surface area contributed by atoms with Gasteiger partial charge in [-0.3, -0.25) is 0 Å². The van der Waals surface area contributed by atoms with Gasteiger partial charge in [0, 0.05) is 6.20 Å². The SMILES string of the molecule is N#Cc1ccsc1-n1cccc1C(=O)O. The molecule has 2 heterocycles. The summed E-state index contributed by atoms with van der Waals surface area (Å²) in [5, 5.41) is 20.2. The summed E-state index contributed by atoms with van der Waals surface area (Å²) < 4.78 is 1.51. The van der Waals surface area contributed by atoms with E-state index in [0.29, 0.717) is 10.6 Å². The zero-order valence-corrected chi connectivity index (χ0v) is 8.36. The molecule has 0 spiro atoms. The van der Waals surface area contributed by atoms with E-state index in [1.807, 2.05) is 6.07 Å². The Bertz CT molecular complexity index is 548. The predicted octanol–water partition coefficient (Wildman–Crippen LogP) is 2.11. The van der Waals surface area contributed by atoms with Crippen LogP contribution in [0.1, 0.15) is 16.1 Å². The van der Waals surface area contributed by atoms with Crippen LogP contribution in [-0.4, -0.2) is 15.6 Å². The van der Waals surface area contributed by atoms with Crippen LogP contribution in [0.2, 0.25) is 0 Å². The molecule has 0 radical (unpaired) electrons. The summed E-state index contributed by atoms with van der Waals surface area (Å²) in [6.45, 7) is 0. The molecule has 0 aromatic carbocycles. The van der Waals surface area contributed by atoms with Crippen molar-refractivity contribution in [2.45, 2.75) is 0 Å². The maximum atomic E-state index is 10.9. The average Bonchev–Trinajstić information content (AvgIpc) is 2.85. The Kier molecular flexibility index (Phi) is 2.27. The van der Waals surface area contributed by atoms with Crippen LogP contribution in [0.15, 0.2) is 29.8 Å². The zero-order valence-electron chi connectivity index (χ0n) is 7.54. The van der Waals surface area contributed by atoms with Crippen LogP contribution in [0.3, 0.4) is 0 Å². The molecule has 2 aromatic rings. The van der Waals surface area contributed by atoms with Crippen molar-refractivity contribution >= 4 is 17.3 Å². The van der Waals surface area contributed by atoms with Crippen molar-refractivity contribution in [3.8, 4) is 11.1 Å². The highest BCUT2D eigenvalue weighted by Gasteiger charge is 2.13. The van der Waals surface area contributed by atoms with Gasteiger partial charge < -0.3 is 9.67 Å². The fraction of sp³-hybridized carbons (Fsp3) is 0. The molecule has 0 bridgehead atoms. The van der Waals surface area contributed by atoms with E-state index in [-0.39, 0.29) is 5.69 Å². The van der Waals surface area contributed by atoms with Crippen LogP contribution in [-0.2, 0) is 0 Å². The molecule has 0 aliphatic rings. The van der Waals surface area contributed by atoms with E-state index in [1.165, 1.54) is 22.0 Å². The summed E-state index contributed by atoms with van der Waals surface area (Å²) in [4.78, 5) is 10.9. The summed E-state index contributed by atoms with van der Waals surface area (Å²) in [7, 11) is 0. The number of carbonyl (C=O) groups is 1. The van der Waals surface area contributed by atoms with Gasteiger partial charge >= 0.3 is 5.97 Å². The van der Waals surface area contributed by atoms with Gasteiger partial charge in [-0.15, -0.1) is 11.3 Å². The second-order valence-electron chi connectivity index (χ2n) is 2.82. The smallest absolute Gasteiger partial charge is 0.352 e. The molecule has 1 N–H and O–H groups in total. The van der Waals surface area contributed by atoms with E-state index < -0.39 is 5.97 Å². The molecule has 0 amide bonds. The minimum absolute atomic E-state index is 0.161. The molecule has 0 saturated carbocycles. The van der Waals surface area contributed by atoms with Crippen molar-refractivity contribution in [3.63, 3.8) is 0 Å². The Labute approximate surface area is 89.6 Å². The van der Waals surface area contributed by atoms with Crippen molar-refractivity contribution in [2.24, 2.45) is 0 Å². The number of aromatic nitrogens is 1. The zero-order chi connectivity index (χ0) is 10.8. The number of hydrogen-bond acceptors (Lipinski definition) is 3. The van der Waals surface area contributed by atoms with Crippen molar-refractivity contribution in [1.29, 1.82) is 5.26 Å². The molecule has 0 fully saturated rings. The van der Waals surface area contributed by atoms with Crippen LogP contribution < -0.4 is 0 Å². The predicted molar refractivity (Wildman–Crippen MR) is 55.3 cm³/mol. The second-order valence-corrected chi connectivity index (χ2v) is 3.71. The molecule has 4 nitrogen and oxygen atoms in total. The highest BCUT2D eigenvalue weighted by atomic mass is 32.1.